The molecule has 0 heterocycles. The van der Waals surface area contributed by atoms with E-state index in [4.69, 9.17) is 33.6 Å². The Balaban J connectivity index is -0.00000000508. The van der Waals surface area contributed by atoms with Crippen LogP contribution >= 0.6 is 7.82 Å². The van der Waals surface area contributed by atoms with Gasteiger partial charge in [-0.15, -0.1) is 0 Å². The molecular weight excluding hydrogens is 611 g/mol. The van der Waals surface area contributed by atoms with E-state index in [1.807, 2.05) is 0 Å². The monoisotopic (exact) mass is 622 g/mol. The molecule has 0 saturated heterocycles. The Kier molecular flexibility index (Phi) is 156. The van der Waals surface area contributed by atoms with Crippen molar-refractivity contribution >= 4 is 7.82 Å². The van der Waals surface area contributed by atoms with Crippen molar-refractivity contribution in [1.82, 2.24) is 0 Å². The summed E-state index contributed by atoms with van der Waals surface area (Å²) >= 11 is -5.52. The molecule has 0 aromatic heterocycles. The Morgan fingerprint density at radius 1 is 0.684 bits per heavy atom. The number of rotatable bonds is 0. The molecule has 0 aliphatic carbocycles. The van der Waals surface area contributed by atoms with Crippen molar-refractivity contribution in [2.75, 3.05) is 0 Å². The van der Waals surface area contributed by atoms with E-state index in [2.05, 4.69) is 0 Å². The van der Waals surface area contributed by atoms with Gasteiger partial charge in [-0.25, -0.2) is 4.57 Å². The molecule has 12 nitrogen and oxygen atoms in total. The molecule has 0 rings (SSSR count). The van der Waals surface area contributed by atoms with E-state index in [1.165, 1.54) is 0 Å². The van der Waals surface area contributed by atoms with Crippen molar-refractivity contribution in [3.05, 3.63) is 0 Å². The van der Waals surface area contributed by atoms with Crippen LogP contribution in [0.25, 0.3) is 0 Å². The predicted octanol–water partition coefficient (Wildman–Crippen LogP) is -5.59. The van der Waals surface area contributed by atoms with Crippen LogP contribution < -0.4 is 0 Å². The van der Waals surface area contributed by atoms with Crippen LogP contribution in [-0.4, -0.2) is 44.1 Å². The molecule has 19 heteroatoms. The molecule has 110 valence electrons. The Morgan fingerprint density at radius 2 is 0.684 bits per heavy atom. The maximum absolute atomic E-state index is 8.88. The first kappa shape index (κ1) is 78.8. The molecule has 0 saturated carbocycles. The van der Waals surface area contributed by atoms with Crippen LogP contribution in [0.5, 0.6) is 0 Å². The summed E-state index contributed by atoms with van der Waals surface area (Å²) in [7, 11) is -4.64. The zero-order valence-electron chi connectivity index (χ0n) is 9.44. The molecule has 0 aliphatic heterocycles. The minimum Gasteiger partial charge on any atom is 0 e. The molecule has 0 bridgehead atoms. The number of phosphoric acid groups is 1. The van der Waals surface area contributed by atoms with Gasteiger partial charge in [0.2, 0.25) is 0 Å². The van der Waals surface area contributed by atoms with Crippen LogP contribution in [0.2, 0.25) is 0 Å². The fraction of sp³-hybridized carbons (Fsp3) is 0. The van der Waals surface area contributed by atoms with Crippen molar-refractivity contribution in [2.24, 2.45) is 0 Å². The van der Waals surface area contributed by atoms with Crippen molar-refractivity contribution in [3.8, 4) is 0 Å². The second-order valence-electron chi connectivity index (χ2n) is 0.961. The summed E-state index contributed by atoms with van der Waals surface area (Å²) in [6.45, 7) is 0. The van der Waals surface area contributed by atoms with E-state index in [1.54, 1.807) is 0 Å². The van der Waals surface area contributed by atoms with Crippen LogP contribution in [-0.2, 0) is 130 Å². The summed E-state index contributed by atoms with van der Waals surface area (Å²) in [6.07, 6.45) is 0. The smallest absolute Gasteiger partial charge is 0 e. The normalized spacial score (nSPS) is 6.16. The second-order valence-corrected chi connectivity index (χ2v) is 4.19. The minimum atomic E-state index is -5.52. The van der Waals surface area contributed by atoms with Gasteiger partial charge in [-0.05, 0) is 0 Å². The summed E-state index contributed by atoms with van der Waals surface area (Å²) in [5, 5.41) is 0. The Labute approximate surface area is 179 Å². The second kappa shape index (κ2) is 37.6. The van der Waals surface area contributed by atoms with Gasteiger partial charge in [0.1, 0.15) is 0 Å². The predicted molar refractivity (Wildman–Crippen MR) is 34.5 cm³/mol. The first-order chi connectivity index (χ1) is 4.00. The van der Waals surface area contributed by atoms with Gasteiger partial charge in [0.15, 0.2) is 0 Å². The summed E-state index contributed by atoms with van der Waals surface area (Å²) < 4.78 is 40.9. The molecule has 19 heavy (non-hydrogen) atoms. The van der Waals surface area contributed by atoms with Crippen molar-refractivity contribution in [2.45, 2.75) is 0 Å². The van der Waals surface area contributed by atoms with Crippen LogP contribution in [0, 0.1) is 0 Å². The van der Waals surface area contributed by atoms with E-state index >= 15 is 0 Å². The van der Waals surface area contributed by atoms with Gasteiger partial charge in [-0.3, -0.25) is 0 Å². The van der Waals surface area contributed by atoms with E-state index in [9.17, 15) is 0 Å². The zero-order chi connectivity index (χ0) is 9.00. The summed E-state index contributed by atoms with van der Waals surface area (Å²) in [6, 6.07) is 0. The van der Waals surface area contributed by atoms with Crippen LogP contribution in [0.1, 0.15) is 0 Å². The molecule has 0 radical (unpaired) electrons. The summed E-state index contributed by atoms with van der Waals surface area (Å²) in [4.78, 5) is 21.6. The fourth-order valence-electron chi connectivity index (χ4n) is 0. The molecule has 13 N–H and O–H groups in total. The quantitative estimate of drug-likeness (QED) is 0.128. The summed E-state index contributed by atoms with van der Waals surface area (Å²) in [5.74, 6) is 0. The van der Waals surface area contributed by atoms with E-state index in [0.717, 1.165) is 0 Å². The molecule has 0 spiro atoms. The Bertz CT molecular complexity index is 209. The maximum atomic E-state index is 8.88. The third kappa shape index (κ3) is 680. The van der Waals surface area contributed by atoms with Crippen LogP contribution in [0.15, 0.2) is 0 Å². The standard InChI is InChI=1S/Mo.H3O4P.6H2O.2O.2Ti.3Zn/c;1-5(2,3)4;;;;;;;;;;;;;/h;(H3,1,2,3,4);6*1H2;;;;;;;/q+2;;;;;;;;;;;;;;/p-2. The van der Waals surface area contributed by atoms with E-state index < -0.39 is 24.6 Å². The van der Waals surface area contributed by atoms with Gasteiger partial charge in [0.25, 0.3) is 0 Å². The molecule has 0 atom stereocenters. The van der Waals surface area contributed by atoms with Crippen LogP contribution in [0.4, 0.5) is 0 Å². The van der Waals surface area contributed by atoms with E-state index in [-0.39, 0.29) is 124 Å². The van der Waals surface area contributed by atoms with Gasteiger partial charge >= 0.3 is 38.9 Å². The SMILES string of the molecule is O.O.O.O.O=P(O)(O)O.[O]=[Mo](=[O])([OH])[OH].[Ti].[Ti].[Zn].[Zn].[Zn]. The van der Waals surface area contributed by atoms with Crippen LogP contribution in [0.3, 0.4) is 0 Å². The molecule has 0 fully saturated rings. The molecule has 0 aromatic carbocycles. The topological polar surface area (TPSA) is 278 Å². The Morgan fingerprint density at radius 3 is 0.684 bits per heavy atom. The largest absolute Gasteiger partial charge is 0 e. The van der Waals surface area contributed by atoms with Gasteiger partial charge in [0.05, 0.1) is 0 Å². The molecule has 0 aromatic rings. The minimum absolute atomic E-state index is 0. The summed E-state index contributed by atoms with van der Waals surface area (Å²) in [5.41, 5.74) is 0. The average molecular weight is 624 g/mol. The van der Waals surface area contributed by atoms with Gasteiger partial charge < -0.3 is 36.6 Å². The van der Waals surface area contributed by atoms with Crippen molar-refractivity contribution in [1.29, 1.82) is 0 Å². The first-order valence-electron chi connectivity index (χ1n) is 1.48. The van der Waals surface area contributed by atoms with Gasteiger partial charge in [0, 0.05) is 102 Å². The van der Waals surface area contributed by atoms with Crippen molar-refractivity contribution < 1.29 is 174 Å². The maximum Gasteiger partial charge on any atom is 0 e. The Hall–Kier alpha value is 3.46. The molecule has 0 aliphatic rings. The molecule has 0 amide bonds. The van der Waals surface area contributed by atoms with Crippen molar-refractivity contribution in [3.63, 3.8) is 0 Å². The third-order valence-electron chi connectivity index (χ3n) is 0. The van der Waals surface area contributed by atoms with Gasteiger partial charge in [-0.1, -0.05) is 0 Å². The average Bonchev–Trinajstić information content (AvgIpc) is 1.12. The van der Waals surface area contributed by atoms with E-state index in [0.29, 0.717) is 0 Å². The molecular formula is H13MoO12PTi2Zn3. The first-order valence-corrected chi connectivity index (χ1v) is 6.48. The number of hydrogen-bond acceptors (Lipinski definition) is 3. The number of hydrogen-bond donors (Lipinski definition) is 5. The fourth-order valence-corrected chi connectivity index (χ4v) is 0. The zero-order valence-corrected chi connectivity index (χ0v) is 24.4. The van der Waals surface area contributed by atoms with Gasteiger partial charge in [-0.2, -0.15) is 0 Å². The molecule has 0 unspecified atom stereocenters. The third-order valence-corrected chi connectivity index (χ3v) is 0.